The van der Waals surface area contributed by atoms with E-state index in [2.05, 4.69) is 49.4 Å². The maximum absolute atomic E-state index is 6.55. The first-order chi connectivity index (χ1) is 13.3. The third-order valence-electron chi connectivity index (χ3n) is 4.14. The highest BCUT2D eigenvalue weighted by atomic mass is 32.2. The maximum atomic E-state index is 6.55. The van der Waals surface area contributed by atoms with Crippen LogP contribution in [0.2, 0.25) is 0 Å². The van der Waals surface area contributed by atoms with Crippen molar-refractivity contribution in [3.63, 3.8) is 0 Å². The van der Waals surface area contributed by atoms with Gasteiger partial charge in [-0.2, -0.15) is 0 Å². The summed E-state index contributed by atoms with van der Waals surface area (Å²) < 4.78 is 1.20. The molecule has 142 valence electrons. The monoisotopic (exact) mass is 414 g/mol. The molecule has 2 N–H and O–H groups in total. The zero-order valence-corrected chi connectivity index (χ0v) is 18.6. The van der Waals surface area contributed by atoms with Gasteiger partial charge >= 0.3 is 0 Å². The minimum absolute atomic E-state index is 0.893. The standard InChI is InChI=1S/C20H20N2S3.C2H6/c1-2-10-24-20-18(21)17-14(13-7-4-3-5-8-13)12-15(22-19(17)25-20)16-9-6-11-23-16;1-2/h3-5,7-9,12H,2,6,10-11,21H2,1H3;1-2H3. The van der Waals surface area contributed by atoms with Gasteiger partial charge in [0.1, 0.15) is 4.83 Å². The molecule has 1 aromatic carbocycles. The van der Waals surface area contributed by atoms with E-state index in [9.17, 15) is 0 Å². The Kier molecular flexibility index (Phi) is 7.27. The van der Waals surface area contributed by atoms with Crippen LogP contribution < -0.4 is 5.73 Å². The lowest BCUT2D eigenvalue weighted by Crippen LogP contribution is -1.92. The van der Waals surface area contributed by atoms with Gasteiger partial charge in [0.05, 0.1) is 15.6 Å². The second kappa shape index (κ2) is 9.67. The fourth-order valence-electron chi connectivity index (χ4n) is 2.97. The molecule has 3 aromatic rings. The van der Waals surface area contributed by atoms with E-state index in [1.54, 1.807) is 11.3 Å². The van der Waals surface area contributed by atoms with Crippen LogP contribution in [-0.2, 0) is 0 Å². The Balaban J connectivity index is 0.00000102. The molecule has 2 nitrogen and oxygen atoms in total. The van der Waals surface area contributed by atoms with E-state index in [-0.39, 0.29) is 0 Å². The van der Waals surface area contributed by atoms with E-state index < -0.39 is 0 Å². The van der Waals surface area contributed by atoms with Gasteiger partial charge in [0, 0.05) is 16.0 Å². The van der Waals surface area contributed by atoms with Gasteiger partial charge in [0.2, 0.25) is 0 Å². The number of hydrogen-bond acceptors (Lipinski definition) is 5. The number of fused-ring (bicyclic) bond motifs is 1. The van der Waals surface area contributed by atoms with Gasteiger partial charge < -0.3 is 5.73 Å². The van der Waals surface area contributed by atoms with E-state index >= 15 is 0 Å². The highest BCUT2D eigenvalue weighted by molar-refractivity contribution is 8.08. The zero-order valence-electron chi connectivity index (χ0n) is 16.1. The number of aromatic nitrogens is 1. The first-order valence-corrected chi connectivity index (χ1v) is 12.3. The Bertz CT molecular complexity index is 930. The second-order valence-corrected chi connectivity index (χ2v) is 9.46. The lowest BCUT2D eigenvalue weighted by molar-refractivity contribution is 1.11. The van der Waals surface area contributed by atoms with Crippen LogP contribution in [0.15, 0.2) is 46.7 Å². The summed E-state index contributed by atoms with van der Waals surface area (Å²) in [5, 5.41) is 1.11. The van der Waals surface area contributed by atoms with Gasteiger partial charge in [0.25, 0.3) is 0 Å². The molecule has 0 bridgehead atoms. The molecule has 2 aromatic heterocycles. The highest BCUT2D eigenvalue weighted by Crippen LogP contribution is 2.46. The minimum Gasteiger partial charge on any atom is -0.397 e. The first kappa shape index (κ1) is 20.3. The summed E-state index contributed by atoms with van der Waals surface area (Å²) in [5.41, 5.74) is 10.9. The lowest BCUT2D eigenvalue weighted by atomic mass is 10.0. The topological polar surface area (TPSA) is 38.9 Å². The SMILES string of the molecule is CC.CCCSc1sc2nc(C3=CCCS3)cc(-c3ccccc3)c2c1N. The van der Waals surface area contributed by atoms with Gasteiger partial charge in [-0.05, 0) is 35.8 Å². The van der Waals surface area contributed by atoms with Crippen LogP contribution in [0.3, 0.4) is 0 Å². The van der Waals surface area contributed by atoms with Crippen molar-refractivity contribution in [1.29, 1.82) is 0 Å². The van der Waals surface area contributed by atoms with Crippen LogP contribution in [0, 0.1) is 0 Å². The summed E-state index contributed by atoms with van der Waals surface area (Å²) >= 11 is 5.48. The van der Waals surface area contributed by atoms with E-state index in [0.29, 0.717) is 0 Å². The molecule has 0 amide bonds. The highest BCUT2D eigenvalue weighted by Gasteiger charge is 2.19. The van der Waals surface area contributed by atoms with Crippen LogP contribution in [-0.4, -0.2) is 16.5 Å². The molecule has 0 saturated heterocycles. The summed E-state index contributed by atoms with van der Waals surface area (Å²) in [7, 11) is 0. The molecule has 4 rings (SSSR count). The fraction of sp³-hybridized carbons (Fsp3) is 0.318. The second-order valence-electron chi connectivity index (χ2n) is 5.96. The third-order valence-corrected chi connectivity index (χ3v) is 7.86. The van der Waals surface area contributed by atoms with Crippen molar-refractivity contribution in [3.8, 4) is 11.1 Å². The fourth-order valence-corrected chi connectivity index (χ4v) is 6.14. The smallest absolute Gasteiger partial charge is 0.127 e. The van der Waals surface area contributed by atoms with Crippen molar-refractivity contribution in [2.24, 2.45) is 0 Å². The quantitative estimate of drug-likeness (QED) is 0.437. The van der Waals surface area contributed by atoms with Crippen LogP contribution in [0.25, 0.3) is 26.2 Å². The third kappa shape index (κ3) is 4.36. The molecule has 5 heteroatoms. The number of pyridine rings is 1. The number of thiophene rings is 1. The number of rotatable bonds is 5. The number of benzene rings is 1. The molecule has 0 aliphatic carbocycles. The number of nitrogens with zero attached hydrogens (tertiary/aromatic N) is 1. The predicted octanol–water partition coefficient (Wildman–Crippen LogP) is 7.55. The molecule has 1 aliphatic heterocycles. The molecule has 0 spiro atoms. The van der Waals surface area contributed by atoms with Crippen LogP contribution in [0.1, 0.15) is 39.3 Å². The van der Waals surface area contributed by atoms with Gasteiger partial charge in [-0.15, -0.1) is 34.9 Å². The van der Waals surface area contributed by atoms with Crippen molar-refractivity contribution < 1.29 is 0 Å². The Morgan fingerprint density at radius 3 is 2.63 bits per heavy atom. The van der Waals surface area contributed by atoms with E-state index in [4.69, 9.17) is 10.7 Å². The molecule has 1 aliphatic rings. The normalized spacial score (nSPS) is 13.4. The number of nitrogen functional groups attached to an aromatic ring is 1. The lowest BCUT2D eigenvalue weighted by Gasteiger charge is -2.09. The zero-order chi connectivity index (χ0) is 19.2. The van der Waals surface area contributed by atoms with Crippen LogP contribution >= 0.6 is 34.9 Å². The average molecular weight is 415 g/mol. The summed E-state index contributed by atoms with van der Waals surface area (Å²) in [6, 6.07) is 12.8. The van der Waals surface area contributed by atoms with Crippen molar-refractivity contribution in [2.75, 3.05) is 17.2 Å². The minimum atomic E-state index is 0.893. The largest absolute Gasteiger partial charge is 0.397 e. The number of thioether (sulfide) groups is 2. The molecule has 27 heavy (non-hydrogen) atoms. The Hall–Kier alpha value is -1.43. The molecule has 3 heterocycles. The molecule has 0 saturated carbocycles. The van der Waals surface area contributed by atoms with Crippen molar-refractivity contribution in [2.45, 2.75) is 37.8 Å². The van der Waals surface area contributed by atoms with E-state index in [1.807, 2.05) is 37.4 Å². The summed E-state index contributed by atoms with van der Waals surface area (Å²) in [6.07, 6.45) is 4.58. The maximum Gasteiger partial charge on any atom is 0.127 e. The number of allylic oxidation sites excluding steroid dienone is 1. The van der Waals surface area contributed by atoms with Crippen molar-refractivity contribution in [1.82, 2.24) is 4.98 Å². The molecular formula is C22H26N2S3. The molecule has 0 atom stereocenters. The van der Waals surface area contributed by atoms with Gasteiger partial charge in [0.15, 0.2) is 0 Å². The predicted molar refractivity (Wildman–Crippen MR) is 127 cm³/mol. The van der Waals surface area contributed by atoms with Gasteiger partial charge in [-0.25, -0.2) is 4.98 Å². The first-order valence-electron chi connectivity index (χ1n) is 9.52. The van der Waals surface area contributed by atoms with Gasteiger partial charge in [-0.1, -0.05) is 57.2 Å². The Labute approximate surface area is 174 Å². The summed E-state index contributed by atoms with van der Waals surface area (Å²) in [5.74, 6) is 2.24. The molecule has 0 unspecified atom stereocenters. The molecule has 0 radical (unpaired) electrons. The van der Waals surface area contributed by atoms with E-state index in [1.165, 1.54) is 20.2 Å². The Morgan fingerprint density at radius 2 is 1.96 bits per heavy atom. The number of hydrogen-bond donors (Lipinski definition) is 1. The molecule has 0 fully saturated rings. The number of nitrogens with two attached hydrogens (primary N) is 1. The van der Waals surface area contributed by atoms with Crippen LogP contribution in [0.5, 0.6) is 0 Å². The van der Waals surface area contributed by atoms with Crippen molar-refractivity contribution in [3.05, 3.63) is 48.2 Å². The average Bonchev–Trinajstić information content (AvgIpc) is 3.37. The summed E-state index contributed by atoms with van der Waals surface area (Å²) in [6.45, 7) is 6.20. The summed E-state index contributed by atoms with van der Waals surface area (Å²) in [4.78, 5) is 7.33. The van der Waals surface area contributed by atoms with Crippen molar-refractivity contribution >= 4 is 55.7 Å². The van der Waals surface area contributed by atoms with E-state index in [0.717, 1.165) is 45.9 Å². The van der Waals surface area contributed by atoms with Gasteiger partial charge in [-0.3, -0.25) is 0 Å². The molecular weight excluding hydrogens is 388 g/mol. The number of anilines is 1. The van der Waals surface area contributed by atoms with Crippen LogP contribution in [0.4, 0.5) is 5.69 Å². The Morgan fingerprint density at radius 1 is 1.19 bits per heavy atom.